The molecule has 21 heavy (non-hydrogen) atoms. The van der Waals surface area contributed by atoms with Crippen molar-refractivity contribution in [3.8, 4) is 0 Å². The molecule has 0 saturated heterocycles. The first-order chi connectivity index (χ1) is 9.93. The van der Waals surface area contributed by atoms with Crippen LogP contribution < -0.4 is 0 Å². The molecule has 1 aliphatic carbocycles. The average Bonchev–Trinajstić information content (AvgIpc) is 2.73. The van der Waals surface area contributed by atoms with Gasteiger partial charge in [-0.05, 0) is 18.6 Å². The Kier molecular flexibility index (Phi) is 3.29. The van der Waals surface area contributed by atoms with Crippen LogP contribution in [0, 0.1) is 0 Å². The van der Waals surface area contributed by atoms with Crippen molar-refractivity contribution in [3.05, 3.63) is 35.4 Å². The molecule has 0 radical (unpaired) electrons. The highest BCUT2D eigenvalue weighted by molar-refractivity contribution is 6.21. The summed E-state index contributed by atoms with van der Waals surface area (Å²) in [5.41, 5.74) is 0.453. The summed E-state index contributed by atoms with van der Waals surface area (Å²) in [5, 5.41) is 39.0. The van der Waals surface area contributed by atoms with Crippen molar-refractivity contribution >= 4 is 11.8 Å². The number of carbonyl (C=O) groups is 2. The SMILES string of the molecule is O=C1c2ccccc2C(=O)N1[C@H]1C[C@H](O)[C@@H](O)[C@@H](O)[C@@H]1O. The lowest BCUT2D eigenvalue weighted by molar-refractivity contribution is -0.155. The topological polar surface area (TPSA) is 118 Å². The first-order valence-corrected chi connectivity index (χ1v) is 6.62. The van der Waals surface area contributed by atoms with E-state index in [0.717, 1.165) is 4.90 Å². The molecule has 1 aromatic rings. The molecule has 7 heteroatoms. The molecule has 7 nitrogen and oxygen atoms in total. The second-order valence-corrected chi connectivity index (χ2v) is 5.37. The van der Waals surface area contributed by atoms with E-state index in [1.165, 1.54) is 12.1 Å². The van der Waals surface area contributed by atoms with Gasteiger partial charge in [-0.15, -0.1) is 0 Å². The Morgan fingerprint density at radius 2 is 1.38 bits per heavy atom. The zero-order chi connectivity index (χ0) is 15.3. The average molecular weight is 293 g/mol. The van der Waals surface area contributed by atoms with Gasteiger partial charge in [0.15, 0.2) is 0 Å². The Morgan fingerprint density at radius 1 is 0.857 bits per heavy atom. The number of aliphatic hydroxyl groups is 4. The molecule has 112 valence electrons. The number of amides is 2. The number of imide groups is 1. The van der Waals surface area contributed by atoms with E-state index in [1.54, 1.807) is 12.1 Å². The summed E-state index contributed by atoms with van der Waals surface area (Å²) >= 11 is 0. The summed E-state index contributed by atoms with van der Waals surface area (Å²) in [4.78, 5) is 25.5. The predicted molar refractivity (Wildman–Crippen MR) is 69.4 cm³/mol. The van der Waals surface area contributed by atoms with Crippen molar-refractivity contribution in [3.63, 3.8) is 0 Å². The van der Waals surface area contributed by atoms with Gasteiger partial charge in [-0.2, -0.15) is 0 Å². The maximum atomic E-state index is 12.3. The fourth-order valence-corrected chi connectivity index (χ4v) is 2.95. The molecule has 2 aliphatic rings. The van der Waals surface area contributed by atoms with E-state index < -0.39 is 42.3 Å². The van der Waals surface area contributed by atoms with Crippen molar-refractivity contribution in [2.75, 3.05) is 0 Å². The lowest BCUT2D eigenvalue weighted by atomic mass is 9.84. The number of nitrogens with zero attached hydrogens (tertiary/aromatic N) is 1. The molecular formula is C14H15NO6. The molecule has 5 atom stereocenters. The van der Waals surface area contributed by atoms with E-state index >= 15 is 0 Å². The highest BCUT2D eigenvalue weighted by Crippen LogP contribution is 2.31. The van der Waals surface area contributed by atoms with Crippen LogP contribution in [0.25, 0.3) is 0 Å². The summed E-state index contributed by atoms with van der Waals surface area (Å²) in [5.74, 6) is -1.15. The highest BCUT2D eigenvalue weighted by Gasteiger charge is 2.50. The van der Waals surface area contributed by atoms with Gasteiger partial charge in [0.2, 0.25) is 0 Å². The van der Waals surface area contributed by atoms with E-state index in [9.17, 15) is 30.0 Å². The molecule has 1 saturated carbocycles. The molecule has 1 fully saturated rings. The van der Waals surface area contributed by atoms with Crippen LogP contribution in [0.3, 0.4) is 0 Å². The van der Waals surface area contributed by atoms with E-state index in [2.05, 4.69) is 0 Å². The molecule has 0 aromatic heterocycles. The van der Waals surface area contributed by atoms with Gasteiger partial charge in [0.1, 0.15) is 18.3 Å². The van der Waals surface area contributed by atoms with Crippen molar-refractivity contribution < 1.29 is 30.0 Å². The Morgan fingerprint density at radius 3 is 1.90 bits per heavy atom. The van der Waals surface area contributed by atoms with Crippen LogP contribution in [-0.4, -0.2) is 67.6 Å². The standard InChI is InChI=1S/C14H15NO6/c16-9-5-8(10(17)12(19)11(9)18)15-13(20)6-3-1-2-4-7(6)14(15)21/h1-4,8-12,16-19H,5H2/t8-,9-,10+,11+,12-/m0/s1. The van der Waals surface area contributed by atoms with E-state index in [-0.39, 0.29) is 17.5 Å². The van der Waals surface area contributed by atoms with Crippen molar-refractivity contribution in [2.45, 2.75) is 36.9 Å². The van der Waals surface area contributed by atoms with Crippen LogP contribution in [0.15, 0.2) is 24.3 Å². The molecule has 1 aromatic carbocycles. The first-order valence-electron chi connectivity index (χ1n) is 6.62. The quantitative estimate of drug-likeness (QED) is 0.468. The molecule has 3 rings (SSSR count). The van der Waals surface area contributed by atoms with Gasteiger partial charge < -0.3 is 20.4 Å². The maximum absolute atomic E-state index is 12.3. The molecule has 0 unspecified atom stereocenters. The molecule has 1 aliphatic heterocycles. The van der Waals surface area contributed by atoms with Crippen LogP contribution in [0.2, 0.25) is 0 Å². The summed E-state index contributed by atoms with van der Waals surface area (Å²) in [6, 6.07) is 5.18. The van der Waals surface area contributed by atoms with E-state index in [1.807, 2.05) is 0 Å². The number of fused-ring (bicyclic) bond motifs is 1. The van der Waals surface area contributed by atoms with Crippen molar-refractivity contribution in [1.29, 1.82) is 0 Å². The highest BCUT2D eigenvalue weighted by atomic mass is 16.4. The molecule has 0 bridgehead atoms. The largest absolute Gasteiger partial charge is 0.390 e. The lowest BCUT2D eigenvalue weighted by Gasteiger charge is -2.41. The minimum Gasteiger partial charge on any atom is -0.390 e. The minimum atomic E-state index is -1.62. The minimum absolute atomic E-state index is 0.190. The Labute approximate surface area is 120 Å². The maximum Gasteiger partial charge on any atom is 0.261 e. The number of hydrogen-bond donors (Lipinski definition) is 4. The smallest absolute Gasteiger partial charge is 0.261 e. The van der Waals surface area contributed by atoms with Crippen LogP contribution >= 0.6 is 0 Å². The number of hydrogen-bond acceptors (Lipinski definition) is 6. The molecular weight excluding hydrogens is 278 g/mol. The summed E-state index contributed by atoms with van der Waals surface area (Å²) in [7, 11) is 0. The van der Waals surface area contributed by atoms with Gasteiger partial charge in [0, 0.05) is 0 Å². The normalized spacial score (nSPS) is 36.0. The first kappa shape index (κ1) is 14.2. The van der Waals surface area contributed by atoms with Crippen LogP contribution in [0.4, 0.5) is 0 Å². The third-order valence-corrected chi connectivity index (χ3v) is 4.13. The fourth-order valence-electron chi connectivity index (χ4n) is 2.95. The summed E-state index contributed by atoms with van der Waals surface area (Å²) < 4.78 is 0. The lowest BCUT2D eigenvalue weighted by Crippen LogP contribution is -2.61. The monoisotopic (exact) mass is 293 g/mol. The van der Waals surface area contributed by atoms with Crippen LogP contribution in [-0.2, 0) is 0 Å². The fraction of sp³-hybridized carbons (Fsp3) is 0.429. The zero-order valence-corrected chi connectivity index (χ0v) is 11.0. The Hall–Kier alpha value is -1.80. The summed E-state index contributed by atoms with van der Waals surface area (Å²) in [6.45, 7) is 0. The van der Waals surface area contributed by atoms with Gasteiger partial charge in [0.05, 0.1) is 23.3 Å². The number of benzene rings is 1. The van der Waals surface area contributed by atoms with E-state index in [0.29, 0.717) is 0 Å². The third kappa shape index (κ3) is 1.97. The predicted octanol–water partition coefficient (Wildman–Crippen LogP) is -1.50. The van der Waals surface area contributed by atoms with Gasteiger partial charge >= 0.3 is 0 Å². The second-order valence-electron chi connectivity index (χ2n) is 5.37. The van der Waals surface area contributed by atoms with Gasteiger partial charge in [-0.1, -0.05) is 12.1 Å². The van der Waals surface area contributed by atoms with Gasteiger partial charge in [-0.25, -0.2) is 0 Å². The van der Waals surface area contributed by atoms with Gasteiger partial charge in [-0.3, -0.25) is 14.5 Å². The van der Waals surface area contributed by atoms with Crippen LogP contribution in [0.1, 0.15) is 27.1 Å². The van der Waals surface area contributed by atoms with E-state index in [4.69, 9.17) is 0 Å². The molecule has 0 spiro atoms. The number of carbonyl (C=O) groups excluding carboxylic acids is 2. The molecule has 1 heterocycles. The third-order valence-electron chi connectivity index (χ3n) is 4.13. The Bertz CT molecular complexity index is 568. The summed E-state index contributed by atoms with van der Waals surface area (Å²) in [6.07, 6.45) is -6.15. The van der Waals surface area contributed by atoms with Crippen molar-refractivity contribution in [1.82, 2.24) is 4.90 Å². The number of aliphatic hydroxyl groups excluding tert-OH is 4. The van der Waals surface area contributed by atoms with Gasteiger partial charge in [0.25, 0.3) is 11.8 Å². The second kappa shape index (κ2) is 4.88. The Balaban J connectivity index is 1.95. The molecule has 2 amide bonds. The van der Waals surface area contributed by atoms with Crippen LogP contribution in [0.5, 0.6) is 0 Å². The zero-order valence-electron chi connectivity index (χ0n) is 11.0. The van der Waals surface area contributed by atoms with Crippen molar-refractivity contribution in [2.24, 2.45) is 0 Å². The molecule has 4 N–H and O–H groups in total. The number of rotatable bonds is 1.